The minimum absolute atomic E-state index is 0.0156. The van der Waals surface area contributed by atoms with E-state index in [-0.39, 0.29) is 12.6 Å². The molecule has 3 heterocycles. The first kappa shape index (κ1) is 19.8. The minimum Gasteiger partial charge on any atom is -0.311 e. The maximum absolute atomic E-state index is 13.4. The number of imidazole rings is 2. The van der Waals surface area contributed by atoms with Crippen LogP contribution in [-0.2, 0) is 13.6 Å². The van der Waals surface area contributed by atoms with Crippen LogP contribution in [0.15, 0.2) is 34.0 Å². The fraction of sp³-hybridized carbons (Fsp3) is 0.350. The van der Waals surface area contributed by atoms with Gasteiger partial charge < -0.3 is 4.57 Å². The van der Waals surface area contributed by atoms with E-state index in [2.05, 4.69) is 23.4 Å². The Kier molecular flexibility index (Phi) is 4.83. The average Bonchev–Trinajstić information content (AvgIpc) is 3.19. The van der Waals surface area contributed by atoms with Crippen molar-refractivity contribution in [3.05, 3.63) is 66.5 Å². The molecule has 152 valence electrons. The Hall–Kier alpha value is -2.51. The third-order valence-electron chi connectivity index (χ3n) is 5.48. The molecule has 1 aromatic carbocycles. The van der Waals surface area contributed by atoms with Crippen LogP contribution in [0.2, 0.25) is 10.0 Å². The molecule has 4 rings (SSSR count). The fourth-order valence-electron chi connectivity index (χ4n) is 3.74. The smallest absolute Gasteiger partial charge is 0.311 e. The zero-order chi connectivity index (χ0) is 21.0. The molecule has 0 fully saturated rings. The van der Waals surface area contributed by atoms with Gasteiger partial charge in [0.1, 0.15) is 0 Å². The van der Waals surface area contributed by atoms with Crippen LogP contribution < -0.4 is 11.2 Å². The van der Waals surface area contributed by atoms with Crippen LogP contribution >= 0.6 is 23.2 Å². The van der Waals surface area contributed by atoms with Gasteiger partial charge in [0.15, 0.2) is 11.2 Å². The number of benzene rings is 1. The van der Waals surface area contributed by atoms with Gasteiger partial charge in [-0.15, -0.1) is 0 Å². The van der Waals surface area contributed by atoms with Crippen LogP contribution in [0.4, 0.5) is 0 Å². The van der Waals surface area contributed by atoms with Gasteiger partial charge in [-0.2, -0.15) is 4.98 Å². The lowest BCUT2D eigenvalue weighted by Crippen LogP contribution is -2.39. The van der Waals surface area contributed by atoms with Crippen molar-refractivity contribution in [2.45, 2.75) is 39.8 Å². The first-order valence-corrected chi connectivity index (χ1v) is 10.1. The summed E-state index contributed by atoms with van der Waals surface area (Å²) in [5.41, 5.74) is 1.35. The zero-order valence-electron chi connectivity index (χ0n) is 16.6. The monoisotopic (exact) mass is 433 g/mol. The molecule has 0 aliphatic rings. The molecule has 0 spiro atoms. The van der Waals surface area contributed by atoms with Crippen molar-refractivity contribution in [1.29, 1.82) is 0 Å². The summed E-state index contributed by atoms with van der Waals surface area (Å²) in [6.45, 7) is 6.16. The summed E-state index contributed by atoms with van der Waals surface area (Å²) in [5.74, 6) is 0.646. The predicted octanol–water partition coefficient (Wildman–Crippen LogP) is 3.78. The van der Waals surface area contributed by atoms with E-state index in [4.69, 9.17) is 23.2 Å². The molecule has 0 aliphatic heterocycles. The molecular formula is C20H21Cl2N5O2. The van der Waals surface area contributed by atoms with Crippen LogP contribution in [0, 0.1) is 6.92 Å². The van der Waals surface area contributed by atoms with Crippen LogP contribution in [0.25, 0.3) is 16.9 Å². The highest BCUT2D eigenvalue weighted by Crippen LogP contribution is 2.25. The van der Waals surface area contributed by atoms with Crippen molar-refractivity contribution in [1.82, 2.24) is 23.1 Å². The van der Waals surface area contributed by atoms with Gasteiger partial charge in [-0.05, 0) is 32.4 Å². The molecule has 0 saturated heterocycles. The summed E-state index contributed by atoms with van der Waals surface area (Å²) in [6, 6.07) is 5.30. The number of halogens is 2. The molecule has 3 aromatic heterocycles. The van der Waals surface area contributed by atoms with Crippen LogP contribution in [0.3, 0.4) is 0 Å². The zero-order valence-corrected chi connectivity index (χ0v) is 18.1. The second kappa shape index (κ2) is 7.07. The summed E-state index contributed by atoms with van der Waals surface area (Å²) >= 11 is 12.5. The predicted molar refractivity (Wildman–Crippen MR) is 115 cm³/mol. The number of hydrogen-bond acceptors (Lipinski definition) is 3. The minimum atomic E-state index is -0.467. The Morgan fingerprint density at radius 2 is 1.83 bits per heavy atom. The summed E-state index contributed by atoms with van der Waals surface area (Å²) in [7, 11) is 1.61. The van der Waals surface area contributed by atoms with E-state index < -0.39 is 11.2 Å². The van der Waals surface area contributed by atoms with Gasteiger partial charge >= 0.3 is 5.69 Å². The van der Waals surface area contributed by atoms with Crippen molar-refractivity contribution < 1.29 is 0 Å². The van der Waals surface area contributed by atoms with Crippen molar-refractivity contribution in [3.8, 4) is 0 Å². The summed E-state index contributed by atoms with van der Waals surface area (Å²) in [4.78, 5) is 30.9. The lowest BCUT2D eigenvalue weighted by atomic mass is 10.2. The highest BCUT2D eigenvalue weighted by molar-refractivity contribution is 6.35. The Morgan fingerprint density at radius 3 is 2.45 bits per heavy atom. The molecule has 1 unspecified atom stereocenters. The number of aromatic nitrogens is 5. The number of aryl methyl sites for hydroxylation is 2. The standard InChI is InChI=1S/C20H21Cl2N5O2/c1-5-11(2)27-12(3)9-25-16-17(23-19(25)27)24(4)20(29)26(18(16)28)10-13-14(21)7-6-8-15(13)22/h6-9,11H,5,10H2,1-4H3. The summed E-state index contributed by atoms with van der Waals surface area (Å²) in [6.07, 6.45) is 2.80. The summed E-state index contributed by atoms with van der Waals surface area (Å²) in [5, 5.41) is 0.812. The average molecular weight is 434 g/mol. The third kappa shape index (κ3) is 2.91. The summed E-state index contributed by atoms with van der Waals surface area (Å²) < 4.78 is 6.40. The van der Waals surface area contributed by atoms with Gasteiger partial charge in [-0.1, -0.05) is 36.2 Å². The van der Waals surface area contributed by atoms with Gasteiger partial charge in [0.2, 0.25) is 5.78 Å². The largest absolute Gasteiger partial charge is 0.332 e. The molecule has 7 nitrogen and oxygen atoms in total. The fourth-order valence-corrected chi connectivity index (χ4v) is 4.25. The van der Waals surface area contributed by atoms with Crippen LogP contribution in [-0.4, -0.2) is 23.1 Å². The molecule has 4 aromatic rings. The van der Waals surface area contributed by atoms with Crippen molar-refractivity contribution in [2.24, 2.45) is 7.05 Å². The maximum Gasteiger partial charge on any atom is 0.332 e. The van der Waals surface area contributed by atoms with E-state index in [1.165, 1.54) is 4.57 Å². The molecular weight excluding hydrogens is 413 g/mol. The highest BCUT2D eigenvalue weighted by atomic mass is 35.5. The number of hydrogen-bond donors (Lipinski definition) is 0. The third-order valence-corrected chi connectivity index (χ3v) is 6.19. The van der Waals surface area contributed by atoms with E-state index in [9.17, 15) is 9.59 Å². The Bertz CT molecular complexity index is 1360. The van der Waals surface area contributed by atoms with Gasteiger partial charge in [-0.3, -0.25) is 18.3 Å². The second-order valence-electron chi connectivity index (χ2n) is 7.28. The maximum atomic E-state index is 13.4. The van der Waals surface area contributed by atoms with Gasteiger partial charge in [-0.25, -0.2) is 4.79 Å². The number of nitrogens with zero attached hydrogens (tertiary/aromatic N) is 5. The Balaban J connectivity index is 2.04. The van der Waals surface area contributed by atoms with Gasteiger partial charge in [0.25, 0.3) is 5.56 Å². The lowest BCUT2D eigenvalue weighted by molar-refractivity contribution is 0.532. The van der Waals surface area contributed by atoms with Crippen molar-refractivity contribution >= 4 is 40.1 Å². The number of fused-ring (bicyclic) bond motifs is 3. The molecule has 0 saturated carbocycles. The molecule has 0 radical (unpaired) electrons. The molecule has 9 heteroatoms. The SMILES string of the molecule is CCC(C)n1c(C)cn2c3c(=O)n(Cc4c(Cl)cccc4Cl)c(=O)n(C)c3nc12. The number of rotatable bonds is 4. The van der Waals surface area contributed by atoms with Crippen molar-refractivity contribution in [2.75, 3.05) is 0 Å². The van der Waals surface area contributed by atoms with E-state index in [0.29, 0.717) is 32.6 Å². The van der Waals surface area contributed by atoms with E-state index >= 15 is 0 Å². The topological polar surface area (TPSA) is 66.2 Å². The van der Waals surface area contributed by atoms with E-state index in [1.54, 1.807) is 29.6 Å². The molecule has 0 aliphatic carbocycles. The normalized spacial score (nSPS) is 12.9. The molecule has 1 atom stereocenters. The Morgan fingerprint density at radius 1 is 1.17 bits per heavy atom. The van der Waals surface area contributed by atoms with Crippen LogP contribution in [0.5, 0.6) is 0 Å². The quantitative estimate of drug-likeness (QED) is 0.491. The first-order valence-electron chi connectivity index (χ1n) is 9.38. The van der Waals surface area contributed by atoms with Crippen LogP contribution in [0.1, 0.15) is 37.6 Å². The molecule has 0 N–H and O–H groups in total. The highest BCUT2D eigenvalue weighted by Gasteiger charge is 2.22. The first-order chi connectivity index (χ1) is 13.8. The van der Waals surface area contributed by atoms with E-state index in [1.807, 2.05) is 13.1 Å². The lowest BCUT2D eigenvalue weighted by Gasteiger charge is -2.12. The molecule has 0 amide bonds. The molecule has 0 bridgehead atoms. The second-order valence-corrected chi connectivity index (χ2v) is 8.10. The van der Waals surface area contributed by atoms with Gasteiger partial charge in [0, 0.05) is 40.6 Å². The molecule has 29 heavy (non-hydrogen) atoms. The van der Waals surface area contributed by atoms with E-state index in [0.717, 1.165) is 16.7 Å². The van der Waals surface area contributed by atoms with Gasteiger partial charge in [0.05, 0.1) is 6.54 Å². The Labute approximate surface area is 176 Å². The van der Waals surface area contributed by atoms with Crippen molar-refractivity contribution in [3.63, 3.8) is 0 Å².